The molecule has 5 heteroatoms. The van der Waals surface area contributed by atoms with Crippen LogP contribution in [-0.4, -0.2) is 61.6 Å². The zero-order valence-electron chi connectivity index (χ0n) is 11.7. The molecule has 1 unspecified atom stereocenters. The molecule has 18 heavy (non-hydrogen) atoms. The molecule has 106 valence electrons. The van der Waals surface area contributed by atoms with Crippen molar-refractivity contribution in [2.75, 3.05) is 39.8 Å². The molecule has 2 rings (SSSR count). The fourth-order valence-electron chi connectivity index (χ4n) is 2.76. The molecule has 2 aliphatic heterocycles. The molecule has 1 N–H and O–H groups in total. The van der Waals surface area contributed by atoms with Crippen molar-refractivity contribution in [2.24, 2.45) is 4.99 Å². The summed E-state index contributed by atoms with van der Waals surface area (Å²) in [6.45, 7) is 7.65. The molecule has 0 bridgehead atoms. The number of nitrogens with one attached hydrogen (secondary N) is 1. The number of likely N-dealkylation sites (N-methyl/N-ethyl adjacent to an activating group) is 1. The fraction of sp³-hybridized carbons (Fsp3) is 0.923. The summed E-state index contributed by atoms with van der Waals surface area (Å²) >= 11 is 0. The molecule has 2 fully saturated rings. The van der Waals surface area contributed by atoms with Crippen LogP contribution in [0.1, 0.15) is 32.6 Å². The minimum Gasteiger partial charge on any atom is -0.357 e. The van der Waals surface area contributed by atoms with E-state index in [1.807, 2.05) is 0 Å². The minimum absolute atomic E-state index is 0. The molecular weight excluding hydrogens is 339 g/mol. The Bertz CT molecular complexity index is 264. The monoisotopic (exact) mass is 366 g/mol. The number of guanidine groups is 1. The molecule has 0 radical (unpaired) electrons. The molecule has 0 aromatic rings. The van der Waals surface area contributed by atoms with E-state index in [2.05, 4.69) is 29.1 Å². The average molecular weight is 366 g/mol. The highest BCUT2D eigenvalue weighted by Crippen LogP contribution is 2.15. The molecule has 0 aliphatic carbocycles. The van der Waals surface area contributed by atoms with E-state index >= 15 is 0 Å². The van der Waals surface area contributed by atoms with Crippen LogP contribution < -0.4 is 5.32 Å². The highest BCUT2D eigenvalue weighted by Gasteiger charge is 2.21. The van der Waals surface area contributed by atoms with Crippen LogP contribution in [-0.2, 0) is 0 Å². The summed E-state index contributed by atoms with van der Waals surface area (Å²) in [4.78, 5) is 9.66. The zero-order chi connectivity index (χ0) is 12.1. The molecule has 0 aromatic heterocycles. The molecular formula is C13H27IN4. The van der Waals surface area contributed by atoms with Gasteiger partial charge in [0, 0.05) is 25.7 Å². The quantitative estimate of drug-likeness (QED) is 0.469. The van der Waals surface area contributed by atoms with Gasteiger partial charge in [0.1, 0.15) is 0 Å². The second-order valence-corrected chi connectivity index (χ2v) is 5.17. The molecule has 0 amide bonds. The van der Waals surface area contributed by atoms with Crippen LogP contribution in [0.2, 0.25) is 0 Å². The highest BCUT2D eigenvalue weighted by atomic mass is 127. The molecule has 2 saturated heterocycles. The van der Waals surface area contributed by atoms with Gasteiger partial charge in [-0.2, -0.15) is 0 Å². The van der Waals surface area contributed by atoms with Crippen molar-refractivity contribution in [1.82, 2.24) is 15.1 Å². The van der Waals surface area contributed by atoms with Crippen molar-refractivity contribution in [3.8, 4) is 0 Å². The van der Waals surface area contributed by atoms with E-state index < -0.39 is 0 Å². The summed E-state index contributed by atoms with van der Waals surface area (Å²) in [5, 5.41) is 3.42. The van der Waals surface area contributed by atoms with Crippen LogP contribution in [0.5, 0.6) is 0 Å². The molecule has 0 aromatic carbocycles. The molecule has 0 spiro atoms. The smallest absolute Gasteiger partial charge is 0.193 e. The van der Waals surface area contributed by atoms with E-state index in [1.54, 1.807) is 0 Å². The predicted molar refractivity (Wildman–Crippen MR) is 87.9 cm³/mol. The standard InChI is InChI=1S/C13H26N4.HI/c1-3-14-13(17-9-4-5-10-17)15-11-12-7-6-8-16(12)2;/h12H,3-11H2,1-2H3,(H,14,15);1H. The number of rotatable bonds is 3. The van der Waals surface area contributed by atoms with Gasteiger partial charge < -0.3 is 15.1 Å². The summed E-state index contributed by atoms with van der Waals surface area (Å²) in [5.74, 6) is 1.13. The van der Waals surface area contributed by atoms with E-state index in [9.17, 15) is 0 Å². The Hall–Kier alpha value is -0.0400. The normalized spacial score (nSPS) is 25.3. The van der Waals surface area contributed by atoms with Gasteiger partial charge in [0.05, 0.1) is 6.54 Å². The molecule has 0 saturated carbocycles. The van der Waals surface area contributed by atoms with Crippen LogP contribution in [0.25, 0.3) is 0 Å². The topological polar surface area (TPSA) is 30.9 Å². The van der Waals surface area contributed by atoms with Gasteiger partial charge in [0.15, 0.2) is 5.96 Å². The van der Waals surface area contributed by atoms with Crippen LogP contribution in [0, 0.1) is 0 Å². The largest absolute Gasteiger partial charge is 0.357 e. The number of hydrogen-bond acceptors (Lipinski definition) is 2. The average Bonchev–Trinajstić information content (AvgIpc) is 2.96. The first-order valence-corrected chi connectivity index (χ1v) is 7.04. The molecule has 2 aliphatic rings. The lowest BCUT2D eigenvalue weighted by Crippen LogP contribution is -2.40. The van der Waals surface area contributed by atoms with Gasteiger partial charge in [-0.3, -0.25) is 4.99 Å². The lowest BCUT2D eigenvalue weighted by Gasteiger charge is -2.23. The van der Waals surface area contributed by atoms with Crippen LogP contribution in [0.15, 0.2) is 4.99 Å². The number of halogens is 1. The predicted octanol–water partition coefficient (Wildman–Crippen LogP) is 1.76. The second kappa shape index (κ2) is 8.19. The first kappa shape index (κ1) is 16.0. The highest BCUT2D eigenvalue weighted by molar-refractivity contribution is 14.0. The van der Waals surface area contributed by atoms with Gasteiger partial charge in [-0.15, -0.1) is 24.0 Å². The van der Waals surface area contributed by atoms with Crippen molar-refractivity contribution in [1.29, 1.82) is 0 Å². The Kier molecular flexibility index (Phi) is 7.29. The number of hydrogen-bond donors (Lipinski definition) is 1. The third-order valence-corrected chi connectivity index (χ3v) is 3.86. The maximum Gasteiger partial charge on any atom is 0.193 e. The Labute approximate surface area is 128 Å². The Balaban J connectivity index is 0.00000162. The van der Waals surface area contributed by atoms with Gasteiger partial charge in [-0.25, -0.2) is 0 Å². The van der Waals surface area contributed by atoms with E-state index in [0.717, 1.165) is 19.0 Å². The van der Waals surface area contributed by atoms with Gasteiger partial charge in [-0.1, -0.05) is 0 Å². The second-order valence-electron chi connectivity index (χ2n) is 5.17. The lowest BCUT2D eigenvalue weighted by molar-refractivity contribution is 0.316. The Morgan fingerprint density at radius 3 is 2.50 bits per heavy atom. The number of aliphatic imine (C=N–C) groups is 1. The zero-order valence-corrected chi connectivity index (χ0v) is 14.0. The molecule has 1 atom stereocenters. The van der Waals surface area contributed by atoms with Gasteiger partial charge in [0.25, 0.3) is 0 Å². The van der Waals surface area contributed by atoms with Crippen molar-refractivity contribution >= 4 is 29.9 Å². The summed E-state index contributed by atoms with van der Waals surface area (Å²) in [5.41, 5.74) is 0. The van der Waals surface area contributed by atoms with Crippen molar-refractivity contribution < 1.29 is 0 Å². The first-order chi connectivity index (χ1) is 8.31. The van der Waals surface area contributed by atoms with Gasteiger partial charge in [0.2, 0.25) is 0 Å². The lowest BCUT2D eigenvalue weighted by atomic mass is 10.2. The fourth-order valence-corrected chi connectivity index (χ4v) is 2.76. The van der Waals surface area contributed by atoms with Crippen LogP contribution in [0.3, 0.4) is 0 Å². The summed E-state index contributed by atoms with van der Waals surface area (Å²) in [7, 11) is 2.22. The van der Waals surface area contributed by atoms with Crippen molar-refractivity contribution in [3.05, 3.63) is 0 Å². The van der Waals surface area contributed by atoms with E-state index in [1.165, 1.54) is 45.3 Å². The van der Waals surface area contributed by atoms with Crippen molar-refractivity contribution in [2.45, 2.75) is 38.6 Å². The molecule has 4 nitrogen and oxygen atoms in total. The SMILES string of the molecule is CCNC(=NCC1CCCN1C)N1CCCC1.I. The van der Waals surface area contributed by atoms with Gasteiger partial charge >= 0.3 is 0 Å². The van der Waals surface area contributed by atoms with Crippen LogP contribution in [0.4, 0.5) is 0 Å². The maximum absolute atomic E-state index is 4.82. The molecule has 2 heterocycles. The first-order valence-electron chi connectivity index (χ1n) is 7.04. The number of likely N-dealkylation sites (tertiary alicyclic amines) is 2. The Morgan fingerprint density at radius 1 is 1.22 bits per heavy atom. The van der Waals surface area contributed by atoms with E-state index in [4.69, 9.17) is 4.99 Å². The summed E-state index contributed by atoms with van der Waals surface area (Å²) in [6, 6.07) is 0.659. The summed E-state index contributed by atoms with van der Waals surface area (Å²) in [6.07, 6.45) is 5.26. The number of nitrogens with zero attached hydrogens (tertiary/aromatic N) is 3. The van der Waals surface area contributed by atoms with Crippen LogP contribution >= 0.6 is 24.0 Å². The van der Waals surface area contributed by atoms with Crippen molar-refractivity contribution in [3.63, 3.8) is 0 Å². The summed E-state index contributed by atoms with van der Waals surface area (Å²) < 4.78 is 0. The maximum atomic E-state index is 4.82. The third-order valence-electron chi connectivity index (χ3n) is 3.86. The minimum atomic E-state index is 0. The van der Waals surface area contributed by atoms with E-state index in [-0.39, 0.29) is 24.0 Å². The van der Waals surface area contributed by atoms with E-state index in [0.29, 0.717) is 6.04 Å². The Morgan fingerprint density at radius 2 is 1.94 bits per heavy atom. The van der Waals surface area contributed by atoms with Gasteiger partial charge in [-0.05, 0) is 46.2 Å². The third kappa shape index (κ3) is 4.26.